The van der Waals surface area contributed by atoms with Gasteiger partial charge in [-0.05, 0) is 34.7 Å². The molecule has 2 rings (SSSR count). The number of aromatic nitrogens is 3. The largest absolute Gasteiger partial charge is 0.292 e. The zero-order chi connectivity index (χ0) is 13.8. The Morgan fingerprint density at radius 3 is 2.84 bits per heavy atom. The summed E-state index contributed by atoms with van der Waals surface area (Å²) in [6.07, 6.45) is 4.36. The van der Waals surface area contributed by atoms with Crippen LogP contribution in [-0.4, -0.2) is 20.4 Å². The first-order valence-electron chi connectivity index (χ1n) is 5.27. The number of hydrogen-bond donors (Lipinski definition) is 2. The zero-order valence-electron chi connectivity index (χ0n) is 9.71. The minimum absolute atomic E-state index is 0.124. The van der Waals surface area contributed by atoms with E-state index in [0.717, 1.165) is 0 Å². The van der Waals surface area contributed by atoms with Crippen molar-refractivity contribution < 1.29 is 4.79 Å². The predicted octanol–water partition coefficient (Wildman–Crippen LogP) is -0.105. The molecule has 2 aromatic rings. The number of nitrogens with two attached hydrogens (primary N) is 1. The molecular formula is C11H10IN5O2. The molecule has 8 heteroatoms. The normalized spacial score (nSPS) is 10.2. The lowest BCUT2D eigenvalue weighted by Crippen LogP contribution is -2.30. The minimum Gasteiger partial charge on any atom is -0.292 e. The van der Waals surface area contributed by atoms with Gasteiger partial charge in [-0.1, -0.05) is 0 Å². The lowest BCUT2D eigenvalue weighted by molar-refractivity contribution is 0.0953. The third-order valence-electron chi connectivity index (χ3n) is 2.41. The van der Waals surface area contributed by atoms with Gasteiger partial charge in [-0.2, -0.15) is 0 Å². The van der Waals surface area contributed by atoms with Gasteiger partial charge in [-0.3, -0.25) is 24.6 Å². The summed E-state index contributed by atoms with van der Waals surface area (Å²) in [4.78, 5) is 31.1. The first-order valence-corrected chi connectivity index (χ1v) is 6.35. The van der Waals surface area contributed by atoms with Gasteiger partial charge in [0.05, 0.1) is 27.7 Å². The van der Waals surface area contributed by atoms with E-state index >= 15 is 0 Å². The molecule has 0 atom stereocenters. The van der Waals surface area contributed by atoms with E-state index in [-0.39, 0.29) is 5.56 Å². The minimum atomic E-state index is -0.410. The second-order valence-corrected chi connectivity index (χ2v) is 4.85. The third-order valence-corrected chi connectivity index (χ3v) is 3.15. The van der Waals surface area contributed by atoms with Crippen molar-refractivity contribution in [2.75, 3.05) is 0 Å². The smallest absolute Gasteiger partial charge is 0.267 e. The van der Waals surface area contributed by atoms with Crippen LogP contribution in [0.15, 0.2) is 35.6 Å². The number of hydrogen-bond acceptors (Lipinski definition) is 5. The quantitative estimate of drug-likeness (QED) is 0.339. The summed E-state index contributed by atoms with van der Waals surface area (Å²) >= 11 is 1.93. The number of amides is 1. The monoisotopic (exact) mass is 371 g/mol. The Kier molecular flexibility index (Phi) is 4.22. The number of halogens is 1. The molecule has 0 spiro atoms. The molecule has 0 unspecified atom stereocenters. The standard InChI is InChI=1S/C11H10IN5O2/c12-9-4-14-6-17(11(9)19)5-8-2-1-7(3-15-8)10(18)16-13/h1-4,6H,5,13H2,(H,16,18). The summed E-state index contributed by atoms with van der Waals surface area (Å²) in [7, 11) is 0. The number of hydrazine groups is 1. The van der Waals surface area contributed by atoms with Crippen molar-refractivity contribution in [3.63, 3.8) is 0 Å². The summed E-state index contributed by atoms with van der Waals surface area (Å²) in [5, 5.41) is 0. The number of nitrogen functional groups attached to an aromatic ring is 1. The Labute approximate surface area is 122 Å². The highest BCUT2D eigenvalue weighted by atomic mass is 127. The second kappa shape index (κ2) is 5.89. The van der Waals surface area contributed by atoms with Gasteiger partial charge in [0.25, 0.3) is 11.5 Å². The third kappa shape index (κ3) is 3.15. The number of carbonyl (C=O) groups excluding carboxylic acids is 1. The van der Waals surface area contributed by atoms with E-state index in [4.69, 9.17) is 5.84 Å². The van der Waals surface area contributed by atoms with Gasteiger partial charge in [0.15, 0.2) is 0 Å². The molecule has 3 N–H and O–H groups in total. The van der Waals surface area contributed by atoms with Crippen LogP contribution in [0.4, 0.5) is 0 Å². The van der Waals surface area contributed by atoms with Gasteiger partial charge in [0.2, 0.25) is 0 Å². The Hall–Kier alpha value is -1.81. The van der Waals surface area contributed by atoms with Gasteiger partial charge < -0.3 is 0 Å². The van der Waals surface area contributed by atoms with Crippen LogP contribution < -0.4 is 16.8 Å². The van der Waals surface area contributed by atoms with Gasteiger partial charge in [0, 0.05) is 12.4 Å². The van der Waals surface area contributed by atoms with Gasteiger partial charge in [0.1, 0.15) is 0 Å². The van der Waals surface area contributed by atoms with Gasteiger partial charge in [-0.15, -0.1) is 0 Å². The fraction of sp³-hybridized carbons (Fsp3) is 0.0909. The van der Waals surface area contributed by atoms with Crippen LogP contribution in [0, 0.1) is 3.57 Å². The molecule has 7 nitrogen and oxygen atoms in total. The highest BCUT2D eigenvalue weighted by molar-refractivity contribution is 14.1. The topological polar surface area (TPSA) is 103 Å². The first-order chi connectivity index (χ1) is 9.11. The maximum absolute atomic E-state index is 11.8. The molecular weight excluding hydrogens is 361 g/mol. The molecule has 0 bridgehead atoms. The van der Waals surface area contributed by atoms with Crippen LogP contribution in [0.1, 0.15) is 16.1 Å². The molecule has 0 aliphatic rings. The number of rotatable bonds is 3. The molecule has 1 amide bonds. The van der Waals surface area contributed by atoms with Crippen LogP contribution in [0.5, 0.6) is 0 Å². The lowest BCUT2D eigenvalue weighted by Gasteiger charge is -2.05. The predicted molar refractivity (Wildman–Crippen MR) is 76.2 cm³/mol. The van der Waals surface area contributed by atoms with Crippen LogP contribution in [0.2, 0.25) is 0 Å². The summed E-state index contributed by atoms with van der Waals surface area (Å²) in [5.41, 5.74) is 2.91. The van der Waals surface area contributed by atoms with E-state index in [1.54, 1.807) is 12.1 Å². The summed E-state index contributed by atoms with van der Waals surface area (Å²) < 4.78 is 1.99. The molecule has 2 aromatic heterocycles. The lowest BCUT2D eigenvalue weighted by atomic mass is 10.2. The Balaban J connectivity index is 2.22. The summed E-state index contributed by atoms with van der Waals surface area (Å²) in [6.45, 7) is 0.299. The van der Waals surface area contributed by atoms with E-state index in [2.05, 4.69) is 9.97 Å². The number of carbonyl (C=O) groups is 1. The van der Waals surface area contributed by atoms with Crippen molar-refractivity contribution in [2.45, 2.75) is 6.54 Å². The molecule has 0 aliphatic heterocycles. The number of nitrogens with zero attached hydrogens (tertiary/aromatic N) is 3. The number of pyridine rings is 1. The molecule has 0 saturated carbocycles. The van der Waals surface area contributed by atoms with Crippen molar-refractivity contribution >= 4 is 28.5 Å². The van der Waals surface area contributed by atoms with Crippen molar-refractivity contribution in [1.82, 2.24) is 20.0 Å². The second-order valence-electron chi connectivity index (χ2n) is 3.69. The molecule has 0 aromatic carbocycles. The van der Waals surface area contributed by atoms with E-state index in [0.29, 0.717) is 21.4 Å². The number of nitrogens with one attached hydrogen (secondary N) is 1. The molecule has 19 heavy (non-hydrogen) atoms. The van der Waals surface area contributed by atoms with Crippen molar-refractivity contribution in [3.05, 3.63) is 56.0 Å². The average molecular weight is 371 g/mol. The zero-order valence-corrected chi connectivity index (χ0v) is 11.9. The molecule has 0 radical (unpaired) electrons. The highest BCUT2D eigenvalue weighted by Gasteiger charge is 2.06. The van der Waals surface area contributed by atoms with E-state index in [9.17, 15) is 9.59 Å². The molecule has 98 valence electrons. The molecule has 0 saturated heterocycles. The van der Waals surface area contributed by atoms with Crippen LogP contribution in [-0.2, 0) is 6.54 Å². The van der Waals surface area contributed by atoms with Crippen LogP contribution in [0.25, 0.3) is 0 Å². The molecule has 2 heterocycles. The van der Waals surface area contributed by atoms with E-state index < -0.39 is 5.91 Å². The first kappa shape index (κ1) is 13.6. The summed E-state index contributed by atoms with van der Waals surface area (Å²) in [6, 6.07) is 3.26. The SMILES string of the molecule is NNC(=O)c1ccc(Cn2cncc(I)c2=O)nc1. The average Bonchev–Trinajstić information content (AvgIpc) is 2.44. The van der Waals surface area contributed by atoms with Gasteiger partial charge >= 0.3 is 0 Å². The molecule has 0 fully saturated rings. The Bertz CT molecular complexity index is 653. The van der Waals surface area contributed by atoms with Crippen LogP contribution >= 0.6 is 22.6 Å². The van der Waals surface area contributed by atoms with E-state index in [1.807, 2.05) is 28.0 Å². The maximum Gasteiger partial charge on any atom is 0.267 e. The van der Waals surface area contributed by atoms with Crippen LogP contribution in [0.3, 0.4) is 0 Å². The van der Waals surface area contributed by atoms with E-state index in [1.165, 1.54) is 23.3 Å². The fourth-order valence-electron chi connectivity index (χ4n) is 1.45. The fourth-order valence-corrected chi connectivity index (χ4v) is 1.92. The van der Waals surface area contributed by atoms with Gasteiger partial charge in [-0.25, -0.2) is 10.8 Å². The summed E-state index contributed by atoms with van der Waals surface area (Å²) in [5.74, 6) is 4.61. The Morgan fingerprint density at radius 2 is 2.21 bits per heavy atom. The van der Waals surface area contributed by atoms with Crippen molar-refractivity contribution in [1.29, 1.82) is 0 Å². The molecule has 0 aliphatic carbocycles. The van der Waals surface area contributed by atoms with Crippen molar-refractivity contribution in [2.24, 2.45) is 5.84 Å². The van der Waals surface area contributed by atoms with Crippen molar-refractivity contribution in [3.8, 4) is 0 Å². The highest BCUT2D eigenvalue weighted by Crippen LogP contribution is 2.02. The maximum atomic E-state index is 11.8. The Morgan fingerprint density at radius 1 is 1.42 bits per heavy atom.